The molecular formula is C32H45N5O4S2. The van der Waals surface area contributed by atoms with Gasteiger partial charge in [0.2, 0.25) is 11.8 Å². The molecule has 1 N–H and O–H groups in total. The van der Waals surface area contributed by atoms with E-state index >= 15 is 0 Å². The summed E-state index contributed by atoms with van der Waals surface area (Å²) in [6.07, 6.45) is 1.54. The van der Waals surface area contributed by atoms with Gasteiger partial charge in [-0.1, -0.05) is 51.1 Å². The molecule has 11 heteroatoms. The van der Waals surface area contributed by atoms with Crippen LogP contribution in [-0.4, -0.2) is 85.2 Å². The molecule has 3 aromatic rings. The maximum atomic E-state index is 13.3. The smallest absolute Gasteiger partial charge is 0.264 e. The minimum atomic E-state index is -4.07. The quantitative estimate of drug-likeness (QED) is 0.205. The zero-order valence-corrected chi connectivity index (χ0v) is 28.2. The number of nitrogens with one attached hydrogen (secondary N) is 1. The second-order valence-corrected chi connectivity index (χ2v) is 17.0. The molecule has 0 spiro atoms. The van der Waals surface area contributed by atoms with Crippen molar-refractivity contribution in [3.05, 3.63) is 65.2 Å². The standard InChI is InChI=1S/C32H45N5O4S2/c1-22-11-9-12-23(2)30(22)28-16-29(34-31(33-28)35-43(39,40)27-14-10-13-24(15-27)18-38)41-19-25(17-32(3,4)5)37(8)26-20-42(21-26)36(6)7/h9-16,18,25-26,42H,17,19-21H2,1-8H3,(H,33,34,35)/t25-/m1/s1. The first-order valence-corrected chi connectivity index (χ1v) is 17.6. The van der Waals surface area contributed by atoms with Crippen molar-refractivity contribution in [2.45, 2.75) is 58.0 Å². The zero-order valence-electron chi connectivity index (χ0n) is 26.5. The molecule has 0 unspecified atom stereocenters. The van der Waals surface area contributed by atoms with Crippen LogP contribution in [0.4, 0.5) is 5.95 Å². The lowest BCUT2D eigenvalue weighted by atomic mass is 9.87. The molecule has 43 heavy (non-hydrogen) atoms. The molecule has 0 bridgehead atoms. The summed E-state index contributed by atoms with van der Waals surface area (Å²) in [4.78, 5) is 22.8. The number of carbonyl (C=O) groups excluding carboxylic acids is 1. The molecular weight excluding hydrogens is 583 g/mol. The Bertz CT molecular complexity index is 1530. The fourth-order valence-corrected chi connectivity index (χ4v) is 8.38. The lowest BCUT2D eigenvalue weighted by Crippen LogP contribution is -2.53. The summed E-state index contributed by atoms with van der Waals surface area (Å²) in [7, 11) is 2.43. The molecule has 234 valence electrons. The summed E-state index contributed by atoms with van der Waals surface area (Å²) in [5, 5.41) is 0. The van der Waals surface area contributed by atoms with E-state index in [0.717, 1.165) is 23.1 Å². The minimum Gasteiger partial charge on any atom is -0.476 e. The molecule has 2 heterocycles. The third-order valence-corrected chi connectivity index (χ3v) is 11.9. The van der Waals surface area contributed by atoms with Crippen LogP contribution < -0.4 is 9.46 Å². The van der Waals surface area contributed by atoms with Gasteiger partial charge in [-0.15, -0.1) is 0 Å². The van der Waals surface area contributed by atoms with Gasteiger partial charge < -0.3 is 4.74 Å². The number of likely N-dealkylation sites (N-methyl/N-ethyl adjacent to an activating group) is 1. The highest BCUT2D eigenvalue weighted by molar-refractivity contribution is 8.16. The van der Waals surface area contributed by atoms with E-state index in [9.17, 15) is 13.2 Å². The maximum absolute atomic E-state index is 13.3. The van der Waals surface area contributed by atoms with Crippen LogP contribution in [0.15, 0.2) is 53.4 Å². The van der Waals surface area contributed by atoms with Crippen LogP contribution in [0.5, 0.6) is 5.88 Å². The van der Waals surface area contributed by atoms with Crippen molar-refractivity contribution in [3.8, 4) is 17.1 Å². The number of ether oxygens (including phenoxy) is 1. The highest BCUT2D eigenvalue weighted by Crippen LogP contribution is 2.42. The summed E-state index contributed by atoms with van der Waals surface area (Å²) in [5.41, 5.74) is 3.82. The molecule has 1 aliphatic rings. The SMILES string of the molecule is Cc1cccc(C)c1-c1cc(OC[C@@H](CC(C)(C)C)N(C)C2C[SH](N(C)C)C2)nc(NS(=O)(=O)c2cccc(C=O)c2)n1. The molecule has 1 atom stereocenters. The Hall–Kier alpha value is -2.99. The van der Waals surface area contributed by atoms with Crippen LogP contribution in [-0.2, 0) is 10.0 Å². The third-order valence-electron chi connectivity index (χ3n) is 7.80. The molecule has 1 saturated heterocycles. The number of aryl methyl sites for hydroxylation is 2. The average molecular weight is 628 g/mol. The molecule has 9 nitrogen and oxygen atoms in total. The summed E-state index contributed by atoms with van der Waals surface area (Å²) >= 11 is -0.0706. The summed E-state index contributed by atoms with van der Waals surface area (Å²) in [6.45, 7) is 11.1. The number of thiol groups is 1. The van der Waals surface area contributed by atoms with Crippen molar-refractivity contribution in [2.75, 3.05) is 44.0 Å². The van der Waals surface area contributed by atoms with Gasteiger partial charge in [-0.05, 0) is 70.1 Å². The summed E-state index contributed by atoms with van der Waals surface area (Å²) in [5.74, 6) is 2.56. The van der Waals surface area contributed by atoms with E-state index < -0.39 is 10.0 Å². The minimum absolute atomic E-state index is 0.0503. The van der Waals surface area contributed by atoms with Crippen molar-refractivity contribution in [3.63, 3.8) is 0 Å². The maximum Gasteiger partial charge on any atom is 0.264 e. The zero-order chi connectivity index (χ0) is 31.5. The average Bonchev–Trinajstić information content (AvgIpc) is 2.89. The monoisotopic (exact) mass is 627 g/mol. The van der Waals surface area contributed by atoms with Gasteiger partial charge in [0.05, 0.1) is 10.6 Å². The Labute approximate surface area is 259 Å². The third kappa shape index (κ3) is 8.35. The number of aromatic nitrogens is 2. The van der Waals surface area contributed by atoms with E-state index in [1.165, 1.54) is 29.7 Å². The summed E-state index contributed by atoms with van der Waals surface area (Å²) in [6, 6.07) is 14.2. The van der Waals surface area contributed by atoms with Gasteiger partial charge in [0, 0.05) is 40.8 Å². The van der Waals surface area contributed by atoms with Crippen LogP contribution in [0, 0.1) is 19.3 Å². The molecule has 0 radical (unpaired) electrons. The van der Waals surface area contributed by atoms with Crippen molar-refractivity contribution in [2.24, 2.45) is 5.41 Å². The second kappa shape index (κ2) is 13.3. The lowest BCUT2D eigenvalue weighted by Gasteiger charge is -2.49. The van der Waals surface area contributed by atoms with Crippen LogP contribution >= 0.6 is 11.1 Å². The second-order valence-electron chi connectivity index (χ2n) is 12.7. The first-order chi connectivity index (χ1) is 20.2. The normalized spacial score (nSPS) is 18.7. The Morgan fingerprint density at radius 3 is 2.30 bits per heavy atom. The predicted molar refractivity (Wildman–Crippen MR) is 177 cm³/mol. The first-order valence-electron chi connectivity index (χ1n) is 14.5. The van der Waals surface area contributed by atoms with Crippen molar-refractivity contribution in [1.29, 1.82) is 0 Å². The number of anilines is 1. The number of hydrogen-bond acceptors (Lipinski definition) is 8. The van der Waals surface area contributed by atoms with Crippen LogP contribution in [0.3, 0.4) is 0 Å². The van der Waals surface area contributed by atoms with Crippen LogP contribution in [0.2, 0.25) is 0 Å². The highest BCUT2D eigenvalue weighted by Gasteiger charge is 2.35. The van der Waals surface area contributed by atoms with Gasteiger partial charge in [-0.2, -0.15) is 16.1 Å². The fourth-order valence-electron chi connectivity index (χ4n) is 5.35. The lowest BCUT2D eigenvalue weighted by molar-refractivity contribution is 0.0953. The molecule has 1 fully saturated rings. The van der Waals surface area contributed by atoms with E-state index in [0.29, 0.717) is 30.5 Å². The largest absolute Gasteiger partial charge is 0.476 e. The van der Waals surface area contributed by atoms with Gasteiger partial charge in [-0.3, -0.25) is 14.0 Å². The number of nitrogens with zero attached hydrogens (tertiary/aromatic N) is 4. The van der Waals surface area contributed by atoms with Gasteiger partial charge in [0.15, 0.2) is 0 Å². The first kappa shape index (κ1) is 32.9. The number of sulfonamides is 1. The Balaban J connectivity index is 1.66. The Kier molecular flexibility index (Phi) is 10.2. The Morgan fingerprint density at radius 2 is 1.70 bits per heavy atom. The van der Waals surface area contributed by atoms with Gasteiger partial charge in [0.25, 0.3) is 10.0 Å². The Morgan fingerprint density at radius 1 is 1.05 bits per heavy atom. The molecule has 0 amide bonds. The molecule has 0 saturated carbocycles. The number of hydrogen-bond donors (Lipinski definition) is 2. The summed E-state index contributed by atoms with van der Waals surface area (Å²) < 4.78 is 37.9. The van der Waals surface area contributed by atoms with Crippen molar-refractivity contribution < 1.29 is 17.9 Å². The van der Waals surface area contributed by atoms with Crippen LogP contribution in [0.1, 0.15) is 48.7 Å². The molecule has 2 aromatic carbocycles. The van der Waals surface area contributed by atoms with E-state index in [1.807, 2.05) is 32.0 Å². The highest BCUT2D eigenvalue weighted by atomic mass is 32.2. The van der Waals surface area contributed by atoms with E-state index in [-0.39, 0.29) is 38.9 Å². The van der Waals surface area contributed by atoms with E-state index in [1.54, 1.807) is 12.1 Å². The number of carbonyl (C=O) groups is 1. The van der Waals surface area contributed by atoms with Crippen molar-refractivity contribution >= 4 is 33.3 Å². The predicted octanol–water partition coefficient (Wildman–Crippen LogP) is 5.35. The number of rotatable bonds is 12. The number of benzene rings is 2. The van der Waals surface area contributed by atoms with Gasteiger partial charge in [-0.25, -0.2) is 18.1 Å². The van der Waals surface area contributed by atoms with Crippen LogP contribution in [0.25, 0.3) is 11.3 Å². The van der Waals surface area contributed by atoms with Gasteiger partial charge >= 0.3 is 0 Å². The molecule has 1 aliphatic heterocycles. The molecule has 0 aliphatic carbocycles. The van der Waals surface area contributed by atoms with E-state index in [2.05, 4.69) is 65.8 Å². The molecule has 1 aromatic heterocycles. The topological polar surface area (TPSA) is 105 Å². The van der Waals surface area contributed by atoms with E-state index in [4.69, 9.17) is 4.74 Å². The number of aldehydes is 1. The van der Waals surface area contributed by atoms with Gasteiger partial charge in [0.1, 0.15) is 12.9 Å². The van der Waals surface area contributed by atoms with Crippen molar-refractivity contribution in [1.82, 2.24) is 19.2 Å². The molecule has 4 rings (SSSR count). The fraction of sp³-hybridized carbons (Fsp3) is 0.469.